The molecule has 1 unspecified atom stereocenters. The second-order valence-corrected chi connectivity index (χ2v) is 9.39. The van der Waals surface area contributed by atoms with Gasteiger partial charge in [-0.2, -0.15) is 10.4 Å². The molecule has 35 heavy (non-hydrogen) atoms. The predicted molar refractivity (Wildman–Crippen MR) is 125 cm³/mol. The normalized spacial score (nSPS) is 18.3. The second-order valence-electron chi connectivity index (χ2n) is 9.39. The molecule has 0 aliphatic carbocycles. The topological polar surface area (TPSA) is 126 Å². The summed E-state index contributed by atoms with van der Waals surface area (Å²) in [6, 6.07) is 8.81. The lowest BCUT2D eigenvalue weighted by Gasteiger charge is -2.27. The number of aromatic amines is 1. The number of rotatable bonds is 6. The van der Waals surface area contributed by atoms with E-state index in [1.165, 1.54) is 13.2 Å². The van der Waals surface area contributed by atoms with Gasteiger partial charge in [-0.15, -0.1) is 0 Å². The van der Waals surface area contributed by atoms with Gasteiger partial charge in [0.25, 0.3) is 0 Å². The number of fused-ring (bicyclic) bond motifs is 2. The highest BCUT2D eigenvalue weighted by atomic mass is 19.1. The number of nitrogens with zero attached hydrogens (tertiary/aromatic N) is 4. The molecule has 5 rings (SSSR count). The molecule has 3 aromatic heterocycles. The first-order valence-electron chi connectivity index (χ1n) is 11.2. The molecule has 10 heteroatoms. The summed E-state index contributed by atoms with van der Waals surface area (Å²) in [5.74, 6) is -1.68. The third kappa shape index (κ3) is 3.68. The van der Waals surface area contributed by atoms with E-state index in [-0.39, 0.29) is 31.1 Å². The van der Waals surface area contributed by atoms with Crippen molar-refractivity contribution in [3.05, 3.63) is 47.5 Å². The predicted octanol–water partition coefficient (Wildman–Crippen LogP) is 4.20. The van der Waals surface area contributed by atoms with Crippen molar-refractivity contribution in [1.82, 2.24) is 19.7 Å². The Morgan fingerprint density at radius 1 is 1.43 bits per heavy atom. The molecule has 4 heterocycles. The molecule has 2 N–H and O–H groups in total. The summed E-state index contributed by atoms with van der Waals surface area (Å²) in [5.41, 5.74) is 3.59. The van der Waals surface area contributed by atoms with Gasteiger partial charge in [0.15, 0.2) is 23.3 Å². The number of H-pyrrole nitrogens is 1. The number of hydrogen-bond acceptors (Lipinski definition) is 6. The summed E-state index contributed by atoms with van der Waals surface area (Å²) in [4.78, 5) is 16.5. The van der Waals surface area contributed by atoms with Gasteiger partial charge in [0, 0.05) is 46.2 Å². The minimum atomic E-state index is -1.01. The molecule has 1 aliphatic heterocycles. The summed E-state index contributed by atoms with van der Waals surface area (Å²) >= 11 is 0. The number of halogens is 1. The van der Waals surface area contributed by atoms with E-state index in [2.05, 4.69) is 16.3 Å². The molecule has 1 saturated heterocycles. The van der Waals surface area contributed by atoms with Crippen LogP contribution in [0.1, 0.15) is 43.9 Å². The van der Waals surface area contributed by atoms with Crippen molar-refractivity contribution >= 4 is 28.0 Å². The van der Waals surface area contributed by atoms with Crippen molar-refractivity contribution < 1.29 is 23.8 Å². The van der Waals surface area contributed by atoms with Crippen LogP contribution in [0.4, 0.5) is 4.39 Å². The van der Waals surface area contributed by atoms with Crippen molar-refractivity contribution in [2.24, 2.45) is 0 Å². The minimum Gasteiger partial charge on any atom is -0.494 e. The van der Waals surface area contributed by atoms with Crippen molar-refractivity contribution in [3.63, 3.8) is 0 Å². The van der Waals surface area contributed by atoms with Crippen LogP contribution in [0.25, 0.3) is 27.8 Å². The summed E-state index contributed by atoms with van der Waals surface area (Å²) in [5, 5.41) is 27.0. The first-order chi connectivity index (χ1) is 16.7. The van der Waals surface area contributed by atoms with E-state index in [1.54, 1.807) is 18.3 Å². The molecule has 0 radical (unpaired) electrons. The first-order valence-corrected chi connectivity index (χ1v) is 11.2. The zero-order valence-corrected chi connectivity index (χ0v) is 19.5. The minimum absolute atomic E-state index is 0.0856. The van der Waals surface area contributed by atoms with E-state index in [9.17, 15) is 19.6 Å². The fraction of sp³-hybridized carbons (Fsp3) is 0.360. The molecule has 0 amide bonds. The van der Waals surface area contributed by atoms with E-state index in [0.717, 1.165) is 22.2 Å². The number of hydrogen-bond donors (Lipinski definition) is 2. The highest BCUT2D eigenvalue weighted by Gasteiger charge is 2.40. The number of carboxylic acid groups (broad SMARTS) is 1. The molecule has 9 nitrogen and oxygen atoms in total. The number of ether oxygens (including phenoxy) is 2. The average molecular weight is 477 g/mol. The molecule has 0 bridgehead atoms. The molecule has 1 fully saturated rings. The number of carbonyl (C=O) groups is 1. The van der Waals surface area contributed by atoms with Crippen molar-refractivity contribution in [2.75, 3.05) is 13.7 Å². The van der Waals surface area contributed by atoms with Gasteiger partial charge < -0.3 is 19.1 Å². The van der Waals surface area contributed by atoms with Gasteiger partial charge >= 0.3 is 5.97 Å². The second kappa shape index (κ2) is 8.36. The van der Waals surface area contributed by atoms with Crippen LogP contribution in [0, 0.1) is 17.1 Å². The lowest BCUT2D eigenvalue weighted by Crippen LogP contribution is -2.24. The van der Waals surface area contributed by atoms with Gasteiger partial charge in [-0.25, -0.2) is 14.2 Å². The molecule has 0 spiro atoms. The number of nitrogens with one attached hydrogen (secondary N) is 1. The summed E-state index contributed by atoms with van der Waals surface area (Å²) < 4.78 is 27.1. The van der Waals surface area contributed by atoms with Gasteiger partial charge in [-0.1, -0.05) is 13.8 Å². The molecule has 1 aliphatic rings. The lowest BCUT2D eigenvalue weighted by atomic mass is 9.80. The average Bonchev–Trinajstić information content (AvgIpc) is 3.54. The maximum Gasteiger partial charge on any atom is 0.332 e. The molecule has 1 aromatic carbocycles. The first kappa shape index (κ1) is 22.8. The SMILES string of the molecule is COc1cc(-n2c(C(C)(C)CC#N)c(C3CO[C@@H](C(=O)O)C3)c3nc4[nH]ncc4cc32)ccc1F. The number of pyridine rings is 1. The Morgan fingerprint density at radius 3 is 2.91 bits per heavy atom. The standard InChI is InChI=1S/C25H24FN5O4/c1-25(2,6-7-27)22-20(14-9-19(24(32)33)35-12-14)21-17(8-13-11-28-30-23(13)29-21)31(22)15-4-5-16(26)18(10-15)34-3/h4-5,8,10-11,14,19H,6,9,12H2,1-3H3,(H,32,33)(H,28,29,30)/t14?,19-/m1/s1. The van der Waals surface area contributed by atoms with E-state index in [0.29, 0.717) is 16.9 Å². The van der Waals surface area contributed by atoms with Crippen LogP contribution < -0.4 is 4.74 Å². The van der Waals surface area contributed by atoms with Crippen molar-refractivity contribution in [3.8, 4) is 17.5 Å². The van der Waals surface area contributed by atoms with Gasteiger partial charge in [-0.05, 0) is 24.6 Å². The maximum atomic E-state index is 14.3. The Balaban J connectivity index is 1.89. The van der Waals surface area contributed by atoms with Crippen molar-refractivity contribution in [2.45, 2.75) is 44.1 Å². The summed E-state index contributed by atoms with van der Waals surface area (Å²) in [6.45, 7) is 4.13. The van der Waals surface area contributed by atoms with E-state index < -0.39 is 23.3 Å². The molecule has 0 saturated carbocycles. The Morgan fingerprint density at radius 2 is 2.23 bits per heavy atom. The zero-order valence-electron chi connectivity index (χ0n) is 19.5. The number of nitriles is 1. The van der Waals surface area contributed by atoms with Crippen LogP contribution >= 0.6 is 0 Å². The Kier molecular flexibility index (Phi) is 5.44. The Bertz CT molecular complexity index is 1500. The smallest absolute Gasteiger partial charge is 0.332 e. The molecular weight excluding hydrogens is 453 g/mol. The highest BCUT2D eigenvalue weighted by molar-refractivity contribution is 5.94. The lowest BCUT2D eigenvalue weighted by molar-refractivity contribution is -0.147. The third-order valence-electron chi connectivity index (χ3n) is 6.62. The molecule has 4 aromatic rings. The largest absolute Gasteiger partial charge is 0.494 e. The molecule has 180 valence electrons. The number of aliphatic carboxylic acids is 1. The monoisotopic (exact) mass is 477 g/mol. The van der Waals surface area contributed by atoms with E-state index in [4.69, 9.17) is 14.5 Å². The van der Waals surface area contributed by atoms with E-state index in [1.807, 2.05) is 24.5 Å². The van der Waals surface area contributed by atoms with Crippen LogP contribution in [-0.4, -0.2) is 50.6 Å². The Labute approximate surface area is 200 Å². The number of aromatic nitrogens is 4. The summed E-state index contributed by atoms with van der Waals surface area (Å²) in [6.07, 6.45) is 1.22. The van der Waals surface area contributed by atoms with E-state index >= 15 is 0 Å². The Hall–Kier alpha value is -3.97. The molecular formula is C25H24FN5O4. The maximum absolute atomic E-state index is 14.3. The van der Waals surface area contributed by atoms with Crippen molar-refractivity contribution in [1.29, 1.82) is 5.26 Å². The van der Waals surface area contributed by atoms with Gasteiger partial charge in [0.1, 0.15) is 0 Å². The van der Waals surface area contributed by atoms with Gasteiger partial charge in [0.05, 0.1) is 37.0 Å². The number of methoxy groups -OCH3 is 1. The fourth-order valence-electron chi connectivity index (χ4n) is 4.98. The van der Waals surface area contributed by atoms with Crippen LogP contribution in [0.3, 0.4) is 0 Å². The quantitative estimate of drug-likeness (QED) is 0.426. The number of benzene rings is 1. The highest BCUT2D eigenvalue weighted by Crippen LogP contribution is 2.45. The molecule has 2 atom stereocenters. The fourth-order valence-corrected chi connectivity index (χ4v) is 4.98. The van der Waals surface area contributed by atoms with Gasteiger partial charge in [-0.3, -0.25) is 5.10 Å². The zero-order chi connectivity index (χ0) is 24.9. The van der Waals surface area contributed by atoms with Gasteiger partial charge in [0.2, 0.25) is 0 Å². The summed E-state index contributed by atoms with van der Waals surface area (Å²) in [7, 11) is 1.40. The van der Waals surface area contributed by atoms with Crippen LogP contribution in [0.5, 0.6) is 5.75 Å². The number of carboxylic acids is 1. The van der Waals surface area contributed by atoms with Crippen LogP contribution in [-0.2, 0) is 14.9 Å². The van der Waals surface area contributed by atoms with Crippen LogP contribution in [0.2, 0.25) is 0 Å². The van der Waals surface area contributed by atoms with Crippen LogP contribution in [0.15, 0.2) is 30.5 Å². The third-order valence-corrected chi connectivity index (χ3v) is 6.62.